The Hall–Kier alpha value is -2.18. The lowest BCUT2D eigenvalue weighted by Gasteiger charge is -2.10. The molecule has 0 fully saturated rings. The van der Waals surface area contributed by atoms with Crippen molar-refractivity contribution in [2.75, 3.05) is 0 Å². The molecule has 118 valence electrons. The number of hydrogen-bond donors (Lipinski definition) is 3. The first-order chi connectivity index (χ1) is 11.1. The van der Waals surface area contributed by atoms with E-state index in [9.17, 15) is 4.79 Å². The fourth-order valence-corrected chi connectivity index (χ4v) is 2.30. The lowest BCUT2D eigenvalue weighted by molar-refractivity contribution is -0.116. The Labute approximate surface area is 149 Å². The first-order valence-corrected chi connectivity index (χ1v) is 8.15. The average molecular weight is 390 g/mol. The van der Waals surface area contributed by atoms with Crippen molar-refractivity contribution in [3.8, 4) is 0 Å². The van der Waals surface area contributed by atoms with Gasteiger partial charge in [0.2, 0.25) is 0 Å². The summed E-state index contributed by atoms with van der Waals surface area (Å²) in [6.07, 6.45) is 3.16. The lowest BCUT2D eigenvalue weighted by Crippen LogP contribution is -2.45. The molecule has 0 atom stereocenters. The van der Waals surface area contributed by atoms with Gasteiger partial charge in [0.05, 0.1) is 0 Å². The van der Waals surface area contributed by atoms with Crippen LogP contribution in [0.2, 0.25) is 0 Å². The van der Waals surface area contributed by atoms with Crippen LogP contribution in [0.5, 0.6) is 0 Å². The van der Waals surface area contributed by atoms with Gasteiger partial charge in [-0.05, 0) is 41.6 Å². The van der Waals surface area contributed by atoms with Crippen molar-refractivity contribution >= 4 is 45.2 Å². The summed E-state index contributed by atoms with van der Waals surface area (Å²) in [5.41, 5.74) is 7.21. The van der Waals surface area contributed by atoms with E-state index in [1.165, 1.54) is 6.08 Å². The summed E-state index contributed by atoms with van der Waals surface area (Å²) in [4.78, 5) is 11.7. The van der Waals surface area contributed by atoms with Crippen molar-refractivity contribution in [2.45, 2.75) is 6.54 Å². The summed E-state index contributed by atoms with van der Waals surface area (Å²) in [6, 6.07) is 17.5. The Morgan fingerprint density at radius 1 is 1.09 bits per heavy atom. The third kappa shape index (κ3) is 6.63. The van der Waals surface area contributed by atoms with Gasteiger partial charge in [0.15, 0.2) is 5.11 Å². The topological polar surface area (TPSA) is 53.2 Å². The maximum atomic E-state index is 11.7. The summed E-state index contributed by atoms with van der Waals surface area (Å²) < 4.78 is 0.962. The summed E-state index contributed by atoms with van der Waals surface area (Å²) in [6.45, 7) is 0.594. The number of carbonyl (C=O) groups excluding carboxylic acids is 1. The number of amides is 1. The molecular formula is C17H16BrN3OS. The molecule has 2 rings (SSSR count). The van der Waals surface area contributed by atoms with Gasteiger partial charge in [0.25, 0.3) is 5.91 Å². The van der Waals surface area contributed by atoms with Crippen LogP contribution in [-0.4, -0.2) is 11.0 Å². The molecule has 23 heavy (non-hydrogen) atoms. The highest BCUT2D eigenvalue weighted by atomic mass is 79.9. The van der Waals surface area contributed by atoms with E-state index in [2.05, 4.69) is 32.1 Å². The number of benzene rings is 2. The number of halogens is 1. The van der Waals surface area contributed by atoms with Crippen molar-refractivity contribution in [1.82, 2.24) is 16.2 Å². The Balaban J connectivity index is 1.72. The molecule has 0 unspecified atom stereocenters. The van der Waals surface area contributed by atoms with Crippen LogP contribution in [0.1, 0.15) is 11.1 Å². The normalized spacial score (nSPS) is 10.3. The third-order valence-electron chi connectivity index (χ3n) is 2.87. The average Bonchev–Trinajstić information content (AvgIpc) is 2.57. The maximum absolute atomic E-state index is 11.7. The van der Waals surface area contributed by atoms with Crippen molar-refractivity contribution in [1.29, 1.82) is 0 Å². The summed E-state index contributed by atoms with van der Waals surface area (Å²) in [5.74, 6) is -0.283. The second kappa shape index (κ2) is 9.07. The minimum absolute atomic E-state index is 0.283. The quantitative estimate of drug-likeness (QED) is 0.427. The van der Waals surface area contributed by atoms with Crippen LogP contribution in [0.4, 0.5) is 0 Å². The summed E-state index contributed by atoms with van der Waals surface area (Å²) in [5, 5.41) is 3.37. The number of nitrogens with one attached hydrogen (secondary N) is 3. The number of carbonyl (C=O) groups is 1. The molecule has 0 spiro atoms. The molecule has 0 bridgehead atoms. The van der Waals surface area contributed by atoms with Gasteiger partial charge in [-0.15, -0.1) is 0 Å². The van der Waals surface area contributed by atoms with Gasteiger partial charge >= 0.3 is 0 Å². The smallest absolute Gasteiger partial charge is 0.262 e. The molecule has 1 amide bonds. The van der Waals surface area contributed by atoms with E-state index in [4.69, 9.17) is 12.2 Å². The SMILES string of the molecule is O=C(/C=C/c1cccc(Br)c1)NNC(=S)NCc1ccccc1. The first kappa shape index (κ1) is 17.2. The molecule has 0 radical (unpaired) electrons. The maximum Gasteiger partial charge on any atom is 0.262 e. The van der Waals surface area contributed by atoms with E-state index >= 15 is 0 Å². The van der Waals surface area contributed by atoms with Crippen LogP contribution in [0.3, 0.4) is 0 Å². The number of hydrogen-bond acceptors (Lipinski definition) is 2. The molecule has 3 N–H and O–H groups in total. The highest BCUT2D eigenvalue weighted by Crippen LogP contribution is 2.12. The van der Waals surface area contributed by atoms with Gasteiger partial charge in [0.1, 0.15) is 0 Å². The van der Waals surface area contributed by atoms with Gasteiger partial charge in [-0.2, -0.15) is 0 Å². The monoisotopic (exact) mass is 389 g/mol. The van der Waals surface area contributed by atoms with Crippen LogP contribution in [-0.2, 0) is 11.3 Å². The van der Waals surface area contributed by atoms with E-state index in [1.807, 2.05) is 54.6 Å². The molecule has 0 heterocycles. The number of hydrazine groups is 1. The van der Waals surface area contributed by atoms with Gasteiger partial charge in [0, 0.05) is 17.1 Å². The molecule has 6 heteroatoms. The minimum atomic E-state index is -0.283. The van der Waals surface area contributed by atoms with Crippen LogP contribution >= 0.6 is 28.1 Å². The highest BCUT2D eigenvalue weighted by molar-refractivity contribution is 9.10. The molecule has 0 aliphatic rings. The van der Waals surface area contributed by atoms with E-state index < -0.39 is 0 Å². The molecule has 2 aromatic rings. The molecule has 2 aromatic carbocycles. The van der Waals surface area contributed by atoms with E-state index in [-0.39, 0.29) is 5.91 Å². The van der Waals surface area contributed by atoms with Crippen molar-refractivity contribution in [3.05, 3.63) is 76.3 Å². The minimum Gasteiger partial charge on any atom is -0.357 e. The van der Waals surface area contributed by atoms with Gasteiger partial charge in [-0.3, -0.25) is 15.6 Å². The molecule has 0 aliphatic heterocycles. The first-order valence-electron chi connectivity index (χ1n) is 6.95. The van der Waals surface area contributed by atoms with Crippen LogP contribution in [0.15, 0.2) is 65.1 Å². The van der Waals surface area contributed by atoms with E-state index in [0.717, 1.165) is 15.6 Å². The zero-order valence-corrected chi connectivity index (χ0v) is 14.7. The van der Waals surface area contributed by atoms with Crippen LogP contribution in [0.25, 0.3) is 6.08 Å². The summed E-state index contributed by atoms with van der Waals surface area (Å²) >= 11 is 8.48. The largest absolute Gasteiger partial charge is 0.357 e. The summed E-state index contributed by atoms with van der Waals surface area (Å²) in [7, 11) is 0. The zero-order valence-electron chi connectivity index (χ0n) is 12.3. The number of thiocarbonyl (C=S) groups is 1. The molecule has 0 saturated heterocycles. The molecule has 4 nitrogen and oxygen atoms in total. The Morgan fingerprint density at radius 3 is 2.61 bits per heavy atom. The van der Waals surface area contributed by atoms with E-state index in [0.29, 0.717) is 11.7 Å². The van der Waals surface area contributed by atoms with Crippen molar-refractivity contribution in [3.63, 3.8) is 0 Å². The molecule has 0 aromatic heterocycles. The predicted molar refractivity (Wildman–Crippen MR) is 100 cm³/mol. The van der Waals surface area contributed by atoms with Gasteiger partial charge in [-0.25, -0.2) is 0 Å². The van der Waals surface area contributed by atoms with Crippen molar-refractivity contribution < 1.29 is 4.79 Å². The van der Waals surface area contributed by atoms with E-state index in [1.54, 1.807) is 6.08 Å². The third-order valence-corrected chi connectivity index (χ3v) is 3.61. The van der Waals surface area contributed by atoms with Crippen LogP contribution in [0, 0.1) is 0 Å². The second-order valence-corrected chi connectivity index (χ2v) is 5.99. The zero-order chi connectivity index (χ0) is 16.5. The molecular weight excluding hydrogens is 374 g/mol. The Kier molecular flexibility index (Phi) is 6.77. The molecule has 0 saturated carbocycles. The lowest BCUT2D eigenvalue weighted by atomic mass is 10.2. The van der Waals surface area contributed by atoms with Crippen molar-refractivity contribution in [2.24, 2.45) is 0 Å². The van der Waals surface area contributed by atoms with Gasteiger partial charge in [-0.1, -0.05) is 58.4 Å². The van der Waals surface area contributed by atoms with Gasteiger partial charge < -0.3 is 5.32 Å². The fraction of sp³-hybridized carbons (Fsp3) is 0.0588. The Morgan fingerprint density at radius 2 is 1.87 bits per heavy atom. The standard InChI is InChI=1S/C17H16BrN3OS/c18-15-8-4-7-13(11-15)9-10-16(22)20-21-17(23)19-12-14-5-2-1-3-6-14/h1-11H,12H2,(H,20,22)(H2,19,21,23)/b10-9+. The Bertz CT molecular complexity index is 704. The second-order valence-electron chi connectivity index (χ2n) is 4.67. The fourth-order valence-electron chi connectivity index (χ4n) is 1.76. The van der Waals surface area contributed by atoms with Crippen LogP contribution < -0.4 is 16.2 Å². The highest BCUT2D eigenvalue weighted by Gasteiger charge is 1.98. The number of rotatable bonds is 4. The molecule has 0 aliphatic carbocycles. The predicted octanol–water partition coefficient (Wildman–Crippen LogP) is 3.16.